The van der Waals surface area contributed by atoms with Gasteiger partial charge < -0.3 is 0 Å². The van der Waals surface area contributed by atoms with Crippen LogP contribution in [0.3, 0.4) is 0 Å². The molecule has 1 rings (SSSR count). The summed E-state index contributed by atoms with van der Waals surface area (Å²) in [6, 6.07) is 0. The fourth-order valence-corrected chi connectivity index (χ4v) is 1.82. The van der Waals surface area contributed by atoms with Gasteiger partial charge >= 0.3 is 0 Å². The normalized spacial score (nSPS) is 16.8. The van der Waals surface area contributed by atoms with E-state index in [1.54, 1.807) is 0 Å². The molecular formula is C6H5IO. The molecule has 0 saturated carbocycles. The zero-order valence-electron chi connectivity index (χ0n) is 4.17. The molecule has 0 amide bonds. The molecule has 0 unspecified atom stereocenters. The van der Waals surface area contributed by atoms with E-state index in [2.05, 4.69) is 4.01 Å². The summed E-state index contributed by atoms with van der Waals surface area (Å²) in [5.74, 6) is 0. The van der Waals surface area contributed by atoms with E-state index >= 15 is 0 Å². The smallest absolute Gasteiger partial charge is 0.150 e. The third-order valence-electron chi connectivity index (χ3n) is 0.759. The highest BCUT2D eigenvalue weighted by Gasteiger charge is 1.86. The minimum absolute atomic E-state index is 0.0630. The van der Waals surface area contributed by atoms with Crippen LogP contribution in [0.5, 0.6) is 0 Å². The number of hydrogen-bond acceptors (Lipinski definition) is 1. The molecular weight excluding hydrogens is 215 g/mol. The molecule has 42 valence electrons. The molecule has 8 heavy (non-hydrogen) atoms. The van der Waals surface area contributed by atoms with E-state index in [9.17, 15) is 4.79 Å². The molecule has 0 saturated heterocycles. The van der Waals surface area contributed by atoms with Gasteiger partial charge in [-0.25, -0.2) is 0 Å². The van der Waals surface area contributed by atoms with Gasteiger partial charge in [-0.1, -0.05) is 32.9 Å². The van der Waals surface area contributed by atoms with Crippen LogP contribution in [0.25, 0.3) is 0 Å². The molecule has 0 bridgehead atoms. The van der Waals surface area contributed by atoms with E-state index in [0.717, 1.165) is 11.9 Å². The second-order valence-corrected chi connectivity index (χ2v) is 3.40. The molecule has 0 atom stereocenters. The summed E-state index contributed by atoms with van der Waals surface area (Å²) >= 11 is 0.0630. The van der Waals surface area contributed by atoms with E-state index in [1.807, 2.05) is 16.2 Å². The van der Waals surface area contributed by atoms with Gasteiger partial charge in [0.05, 0.1) is 0 Å². The van der Waals surface area contributed by atoms with Gasteiger partial charge in [0.2, 0.25) is 0 Å². The van der Waals surface area contributed by atoms with Crippen LogP contribution in [-0.2, 0) is 4.79 Å². The average molecular weight is 220 g/mol. The first kappa shape index (κ1) is 5.88. The number of rotatable bonds is 1. The van der Waals surface area contributed by atoms with E-state index in [1.165, 1.54) is 0 Å². The van der Waals surface area contributed by atoms with Crippen molar-refractivity contribution in [3.05, 3.63) is 21.8 Å². The van der Waals surface area contributed by atoms with E-state index in [0.29, 0.717) is 0 Å². The molecule has 0 N–H and O–H groups in total. The Hall–Kier alpha value is -0.250. The molecule has 1 heterocycles. The van der Waals surface area contributed by atoms with Crippen LogP contribution in [0, 0.1) is 0 Å². The van der Waals surface area contributed by atoms with Gasteiger partial charge in [-0.15, -0.1) is 0 Å². The molecule has 0 spiro atoms. The maximum absolute atomic E-state index is 10.0. The van der Waals surface area contributed by atoms with Gasteiger partial charge in [-0.3, -0.25) is 4.79 Å². The third-order valence-corrected chi connectivity index (χ3v) is 2.67. The number of halogens is 1. The third kappa shape index (κ3) is 1.36. The van der Waals surface area contributed by atoms with Crippen LogP contribution in [0.1, 0.15) is 0 Å². The molecule has 0 radical (unpaired) electrons. The van der Waals surface area contributed by atoms with Gasteiger partial charge in [0.25, 0.3) is 0 Å². The van der Waals surface area contributed by atoms with Crippen LogP contribution in [0.4, 0.5) is 0 Å². The van der Waals surface area contributed by atoms with E-state index in [4.69, 9.17) is 0 Å². The van der Waals surface area contributed by atoms with Crippen LogP contribution >= 0.6 is 20.7 Å². The van der Waals surface area contributed by atoms with Gasteiger partial charge in [0.15, 0.2) is 0 Å². The van der Waals surface area contributed by atoms with Crippen molar-refractivity contribution in [2.24, 2.45) is 0 Å². The molecule has 1 aliphatic heterocycles. The number of carbonyl (C=O) groups excluding carboxylic acids is 1. The Labute approximate surface area is 57.8 Å². The number of aldehydes is 1. The highest BCUT2D eigenvalue weighted by Crippen LogP contribution is 2.08. The fourth-order valence-electron chi connectivity index (χ4n) is 0.400. The van der Waals surface area contributed by atoms with E-state index in [-0.39, 0.29) is 20.7 Å². The largest absolute Gasteiger partial charge is 0.298 e. The van der Waals surface area contributed by atoms with Crippen molar-refractivity contribution < 1.29 is 4.79 Å². The number of allylic oxidation sites excluding steroid dienone is 3. The number of carbonyl (C=O) groups is 1. The predicted molar refractivity (Wildman–Crippen MR) is 43.4 cm³/mol. The molecule has 0 aromatic carbocycles. The molecule has 0 fully saturated rings. The Kier molecular flexibility index (Phi) is 2.14. The summed E-state index contributed by atoms with van der Waals surface area (Å²) in [6.07, 6.45) is 4.66. The Morgan fingerprint density at radius 2 is 2.50 bits per heavy atom. The molecule has 0 aromatic rings. The van der Waals surface area contributed by atoms with E-state index < -0.39 is 0 Å². The summed E-state index contributed by atoms with van der Waals surface area (Å²) < 4.78 is 4.12. The standard InChI is InChI=1S/C6H5IO/c8-5-6-2-1-3-7-4-6/h1-5H. The van der Waals surface area contributed by atoms with Crippen LogP contribution in [0.15, 0.2) is 21.8 Å². The molecule has 0 aliphatic carbocycles. The first-order chi connectivity index (χ1) is 3.93. The fraction of sp³-hybridized carbons (Fsp3) is 0. The number of hydrogen-bond donors (Lipinski definition) is 0. The topological polar surface area (TPSA) is 17.1 Å². The van der Waals surface area contributed by atoms with Gasteiger partial charge in [0, 0.05) is 5.57 Å². The highest BCUT2D eigenvalue weighted by atomic mass is 127. The minimum Gasteiger partial charge on any atom is -0.298 e. The summed E-state index contributed by atoms with van der Waals surface area (Å²) in [5.41, 5.74) is 0.834. The maximum Gasteiger partial charge on any atom is 0.150 e. The van der Waals surface area contributed by atoms with Crippen molar-refractivity contribution in [2.45, 2.75) is 0 Å². The Morgan fingerprint density at radius 1 is 1.62 bits per heavy atom. The Morgan fingerprint density at radius 3 is 2.88 bits per heavy atom. The Balaban J connectivity index is 2.82. The zero-order chi connectivity index (χ0) is 5.82. The summed E-state index contributed by atoms with van der Waals surface area (Å²) in [7, 11) is 0. The lowest BCUT2D eigenvalue weighted by atomic mass is 10.3. The van der Waals surface area contributed by atoms with Crippen molar-refractivity contribution >= 4 is 31.0 Å². The molecule has 1 aliphatic rings. The summed E-state index contributed by atoms with van der Waals surface area (Å²) in [6.45, 7) is 0. The lowest BCUT2D eigenvalue weighted by Gasteiger charge is -1.87. The van der Waals surface area contributed by atoms with Crippen molar-refractivity contribution in [3.8, 4) is 0 Å². The van der Waals surface area contributed by atoms with Crippen molar-refractivity contribution in [3.63, 3.8) is 0 Å². The second kappa shape index (κ2) is 2.91. The van der Waals surface area contributed by atoms with Gasteiger partial charge in [-0.2, -0.15) is 0 Å². The van der Waals surface area contributed by atoms with Crippen LogP contribution in [0.2, 0.25) is 0 Å². The average Bonchev–Trinajstić information content (AvgIpc) is 1.90. The van der Waals surface area contributed by atoms with Crippen molar-refractivity contribution in [2.75, 3.05) is 0 Å². The van der Waals surface area contributed by atoms with Crippen molar-refractivity contribution in [1.29, 1.82) is 0 Å². The minimum atomic E-state index is 0.0630. The first-order valence-corrected chi connectivity index (χ1v) is 4.70. The lowest BCUT2D eigenvalue weighted by Crippen LogP contribution is -1.78. The quantitative estimate of drug-likeness (QED) is 0.482. The van der Waals surface area contributed by atoms with Crippen LogP contribution < -0.4 is 0 Å². The zero-order valence-corrected chi connectivity index (χ0v) is 6.33. The van der Waals surface area contributed by atoms with Gasteiger partial charge in [-0.05, 0) is 8.09 Å². The summed E-state index contributed by atoms with van der Waals surface area (Å²) in [4.78, 5) is 10.0. The summed E-state index contributed by atoms with van der Waals surface area (Å²) in [5, 5.41) is 0. The maximum atomic E-state index is 10.0. The molecule has 2 heteroatoms. The molecule has 0 aromatic heterocycles. The SMILES string of the molecule is O=CC1=CI=CC=C1. The molecule has 1 nitrogen and oxygen atoms in total. The lowest BCUT2D eigenvalue weighted by molar-refractivity contribution is -0.104. The predicted octanol–water partition coefficient (Wildman–Crippen LogP) is 1.41. The second-order valence-electron chi connectivity index (χ2n) is 1.34. The Bertz CT molecular complexity index is 177. The van der Waals surface area contributed by atoms with Crippen LogP contribution in [-0.4, -0.2) is 10.3 Å². The highest BCUT2D eigenvalue weighted by molar-refractivity contribution is 14.2. The monoisotopic (exact) mass is 220 g/mol. The van der Waals surface area contributed by atoms with Crippen molar-refractivity contribution in [1.82, 2.24) is 0 Å². The first-order valence-electron chi connectivity index (χ1n) is 2.20. The van der Waals surface area contributed by atoms with Gasteiger partial charge in [0.1, 0.15) is 6.29 Å².